The first kappa shape index (κ1) is 11.8. The lowest BCUT2D eigenvalue weighted by Crippen LogP contribution is -2.53. The van der Waals surface area contributed by atoms with Crippen LogP contribution in [0.15, 0.2) is 0 Å². The van der Waals surface area contributed by atoms with Crippen molar-refractivity contribution >= 4 is 15.9 Å². The molecular formula is C11H20BrNO2. The van der Waals surface area contributed by atoms with Crippen molar-refractivity contribution in [2.75, 3.05) is 38.2 Å². The number of rotatable bonds is 4. The van der Waals surface area contributed by atoms with Crippen LogP contribution in [0.25, 0.3) is 0 Å². The summed E-state index contributed by atoms with van der Waals surface area (Å²) in [7, 11) is 0. The summed E-state index contributed by atoms with van der Waals surface area (Å²) in [6, 6.07) is 0.218. The number of alkyl halides is 1. The molecule has 0 aromatic heterocycles. The third-order valence-corrected chi connectivity index (χ3v) is 4.99. The largest absolute Gasteiger partial charge is 0.395 e. The molecule has 3 nitrogen and oxygen atoms in total. The van der Waals surface area contributed by atoms with Crippen LogP contribution in [0.5, 0.6) is 0 Å². The van der Waals surface area contributed by atoms with Gasteiger partial charge in [0.25, 0.3) is 0 Å². The van der Waals surface area contributed by atoms with Crippen molar-refractivity contribution < 1.29 is 9.84 Å². The maximum absolute atomic E-state index is 9.29. The minimum Gasteiger partial charge on any atom is -0.395 e. The highest BCUT2D eigenvalue weighted by Crippen LogP contribution is 2.43. The Hall–Kier alpha value is 0.360. The van der Waals surface area contributed by atoms with Crippen LogP contribution in [-0.2, 0) is 4.74 Å². The zero-order valence-corrected chi connectivity index (χ0v) is 10.7. The van der Waals surface area contributed by atoms with Gasteiger partial charge in [-0.1, -0.05) is 22.4 Å². The second-order valence-corrected chi connectivity index (χ2v) is 5.43. The quantitative estimate of drug-likeness (QED) is 0.785. The topological polar surface area (TPSA) is 32.7 Å². The van der Waals surface area contributed by atoms with E-state index in [1.807, 2.05) is 0 Å². The normalized spacial score (nSPS) is 31.2. The lowest BCUT2D eigenvalue weighted by atomic mass is 9.70. The first-order chi connectivity index (χ1) is 7.29. The molecule has 0 radical (unpaired) electrons. The van der Waals surface area contributed by atoms with Crippen molar-refractivity contribution in [1.82, 2.24) is 4.90 Å². The Morgan fingerprint density at radius 2 is 2.27 bits per heavy atom. The molecular weight excluding hydrogens is 258 g/mol. The smallest absolute Gasteiger partial charge is 0.0644 e. The van der Waals surface area contributed by atoms with Gasteiger partial charge < -0.3 is 9.84 Å². The lowest BCUT2D eigenvalue weighted by molar-refractivity contribution is -0.0523. The molecule has 15 heavy (non-hydrogen) atoms. The number of nitrogens with zero attached hydrogens (tertiary/aromatic N) is 1. The monoisotopic (exact) mass is 277 g/mol. The molecule has 0 amide bonds. The van der Waals surface area contributed by atoms with Crippen molar-refractivity contribution in [1.29, 1.82) is 0 Å². The number of hydrogen-bond acceptors (Lipinski definition) is 3. The van der Waals surface area contributed by atoms with Crippen LogP contribution >= 0.6 is 15.9 Å². The first-order valence-corrected chi connectivity index (χ1v) is 6.90. The molecule has 0 spiro atoms. The zero-order chi connectivity index (χ0) is 10.7. The predicted octanol–water partition coefficient (Wildman–Crippen LogP) is 1.24. The van der Waals surface area contributed by atoms with Gasteiger partial charge in [0.05, 0.1) is 25.9 Å². The van der Waals surface area contributed by atoms with Crippen molar-refractivity contribution in [2.45, 2.75) is 25.3 Å². The summed E-state index contributed by atoms with van der Waals surface area (Å²) in [4.78, 5) is 2.41. The van der Waals surface area contributed by atoms with Gasteiger partial charge in [-0.15, -0.1) is 0 Å². The van der Waals surface area contributed by atoms with Crippen LogP contribution in [0, 0.1) is 5.41 Å². The van der Waals surface area contributed by atoms with E-state index in [-0.39, 0.29) is 12.6 Å². The minimum absolute atomic E-state index is 0.218. The summed E-state index contributed by atoms with van der Waals surface area (Å²) in [6.07, 6.45) is 4.02. The summed E-state index contributed by atoms with van der Waals surface area (Å²) in [5, 5.41) is 10.4. The lowest BCUT2D eigenvalue weighted by Gasteiger charge is -2.47. The third kappa shape index (κ3) is 2.54. The fourth-order valence-electron chi connectivity index (χ4n) is 2.51. The van der Waals surface area contributed by atoms with Crippen LogP contribution < -0.4 is 0 Å². The Morgan fingerprint density at radius 3 is 2.80 bits per heavy atom. The molecule has 0 aromatic rings. The summed E-state index contributed by atoms with van der Waals surface area (Å²) >= 11 is 3.63. The number of morpholine rings is 1. The Kier molecular flexibility index (Phi) is 4.04. The molecule has 1 heterocycles. The first-order valence-electron chi connectivity index (χ1n) is 5.78. The van der Waals surface area contributed by atoms with Crippen LogP contribution in [0.1, 0.15) is 19.3 Å². The molecule has 2 aliphatic rings. The summed E-state index contributed by atoms with van der Waals surface area (Å²) < 4.78 is 5.39. The number of aliphatic hydroxyl groups is 1. The predicted molar refractivity (Wildman–Crippen MR) is 63.3 cm³/mol. The van der Waals surface area contributed by atoms with Gasteiger partial charge >= 0.3 is 0 Å². The Balaban J connectivity index is 1.90. The average molecular weight is 278 g/mol. The molecule has 1 saturated carbocycles. The van der Waals surface area contributed by atoms with Crippen LogP contribution in [-0.4, -0.2) is 54.3 Å². The molecule has 0 aromatic carbocycles. The molecule has 1 N–H and O–H groups in total. The van der Waals surface area contributed by atoms with E-state index in [9.17, 15) is 5.11 Å². The van der Waals surface area contributed by atoms with E-state index in [1.165, 1.54) is 19.3 Å². The third-order valence-electron chi connectivity index (χ3n) is 3.80. The summed E-state index contributed by atoms with van der Waals surface area (Å²) in [5.41, 5.74) is 0.477. The molecule has 2 fully saturated rings. The highest BCUT2D eigenvalue weighted by molar-refractivity contribution is 9.09. The number of halogens is 1. The van der Waals surface area contributed by atoms with Gasteiger partial charge in [-0.3, -0.25) is 4.90 Å². The highest BCUT2D eigenvalue weighted by Gasteiger charge is 2.39. The molecule has 4 heteroatoms. The molecule has 0 bridgehead atoms. The van der Waals surface area contributed by atoms with E-state index in [2.05, 4.69) is 20.8 Å². The van der Waals surface area contributed by atoms with E-state index < -0.39 is 0 Å². The maximum Gasteiger partial charge on any atom is 0.0644 e. The highest BCUT2D eigenvalue weighted by atomic mass is 79.9. The average Bonchev–Trinajstić information content (AvgIpc) is 2.24. The van der Waals surface area contributed by atoms with Gasteiger partial charge in [-0.05, 0) is 18.3 Å². The van der Waals surface area contributed by atoms with Gasteiger partial charge in [0.2, 0.25) is 0 Å². The second-order valence-electron chi connectivity index (χ2n) is 4.87. The Labute approximate surface area is 99.9 Å². The van der Waals surface area contributed by atoms with Gasteiger partial charge in [0, 0.05) is 18.4 Å². The summed E-state index contributed by atoms with van der Waals surface area (Å²) in [6.45, 7) is 3.81. The van der Waals surface area contributed by atoms with Crippen molar-refractivity contribution in [2.24, 2.45) is 5.41 Å². The molecule has 1 aliphatic heterocycles. The standard InChI is InChI=1S/C11H20BrNO2/c12-8-11(2-1-3-11)9-13-4-5-15-7-10(13)6-14/h10,14H,1-9H2. The van der Waals surface area contributed by atoms with E-state index in [0.29, 0.717) is 12.0 Å². The SMILES string of the molecule is OCC1COCCN1CC1(CBr)CCC1. The fraction of sp³-hybridized carbons (Fsp3) is 1.00. The van der Waals surface area contributed by atoms with Gasteiger partial charge in [0.1, 0.15) is 0 Å². The minimum atomic E-state index is 0.218. The second kappa shape index (κ2) is 5.13. The van der Waals surface area contributed by atoms with Gasteiger partial charge in [0.15, 0.2) is 0 Å². The van der Waals surface area contributed by atoms with E-state index in [0.717, 1.165) is 25.0 Å². The van der Waals surface area contributed by atoms with Gasteiger partial charge in [-0.2, -0.15) is 0 Å². The molecule has 1 aliphatic carbocycles. The van der Waals surface area contributed by atoms with Gasteiger partial charge in [-0.25, -0.2) is 0 Å². The molecule has 2 rings (SSSR count). The Morgan fingerprint density at radius 1 is 1.47 bits per heavy atom. The van der Waals surface area contributed by atoms with Crippen molar-refractivity contribution in [3.63, 3.8) is 0 Å². The Bertz CT molecular complexity index is 203. The molecule has 88 valence electrons. The molecule has 1 unspecified atom stereocenters. The fourth-order valence-corrected chi connectivity index (χ4v) is 3.25. The number of aliphatic hydroxyl groups excluding tert-OH is 1. The zero-order valence-electron chi connectivity index (χ0n) is 9.12. The van der Waals surface area contributed by atoms with Crippen molar-refractivity contribution in [3.8, 4) is 0 Å². The maximum atomic E-state index is 9.29. The van der Waals surface area contributed by atoms with E-state index >= 15 is 0 Å². The van der Waals surface area contributed by atoms with Crippen LogP contribution in [0.2, 0.25) is 0 Å². The van der Waals surface area contributed by atoms with E-state index in [1.54, 1.807) is 0 Å². The number of ether oxygens (including phenoxy) is 1. The molecule has 1 atom stereocenters. The molecule has 1 saturated heterocycles. The van der Waals surface area contributed by atoms with Crippen LogP contribution in [0.3, 0.4) is 0 Å². The van der Waals surface area contributed by atoms with Crippen LogP contribution in [0.4, 0.5) is 0 Å². The summed E-state index contributed by atoms with van der Waals surface area (Å²) in [5.74, 6) is 0. The number of hydrogen-bond donors (Lipinski definition) is 1. The van der Waals surface area contributed by atoms with E-state index in [4.69, 9.17) is 4.74 Å². The van der Waals surface area contributed by atoms with Crippen molar-refractivity contribution in [3.05, 3.63) is 0 Å².